The van der Waals surface area contributed by atoms with E-state index in [1.165, 1.54) is 31.7 Å². The van der Waals surface area contributed by atoms with Crippen LogP contribution in [0.1, 0.15) is 43.0 Å². The molecule has 2 aromatic carbocycles. The van der Waals surface area contributed by atoms with Crippen molar-refractivity contribution >= 4 is 27.3 Å². The fraction of sp³-hybridized carbons (Fsp3) is 0.333. The first kappa shape index (κ1) is 20.9. The van der Waals surface area contributed by atoms with Crippen LogP contribution in [0.25, 0.3) is 0 Å². The molecule has 1 aliphatic rings. The van der Waals surface area contributed by atoms with Gasteiger partial charge >= 0.3 is 0 Å². The van der Waals surface area contributed by atoms with Crippen molar-refractivity contribution in [3.63, 3.8) is 0 Å². The smallest absolute Gasteiger partial charge is 0.271 e. The fourth-order valence-electron chi connectivity index (χ4n) is 3.26. The molecule has 1 amide bonds. The van der Waals surface area contributed by atoms with E-state index in [1.807, 2.05) is 0 Å². The summed E-state index contributed by atoms with van der Waals surface area (Å²) < 4.78 is 33.2. The van der Waals surface area contributed by atoms with E-state index in [1.54, 1.807) is 30.3 Å². The van der Waals surface area contributed by atoms with Crippen molar-refractivity contribution in [2.24, 2.45) is 11.0 Å². The lowest BCUT2D eigenvalue weighted by Crippen LogP contribution is -2.24. The molecular formula is C21H25N3O4S. The Kier molecular flexibility index (Phi) is 6.53. The van der Waals surface area contributed by atoms with Crippen molar-refractivity contribution in [2.75, 3.05) is 11.8 Å². The molecule has 3 rings (SSSR count). The molecule has 2 N–H and O–H groups in total. The zero-order valence-corrected chi connectivity index (χ0v) is 17.3. The van der Waals surface area contributed by atoms with Crippen LogP contribution in [-0.2, 0) is 10.0 Å². The van der Waals surface area contributed by atoms with Gasteiger partial charge < -0.3 is 4.74 Å². The van der Waals surface area contributed by atoms with Gasteiger partial charge in [0.25, 0.3) is 15.9 Å². The van der Waals surface area contributed by atoms with Crippen molar-refractivity contribution in [2.45, 2.75) is 37.5 Å². The molecule has 1 saturated carbocycles. The van der Waals surface area contributed by atoms with E-state index < -0.39 is 15.9 Å². The Balaban J connectivity index is 1.77. The number of amides is 1. The topological polar surface area (TPSA) is 96.9 Å². The number of anilines is 1. The molecule has 0 aromatic heterocycles. The van der Waals surface area contributed by atoms with Gasteiger partial charge in [0, 0.05) is 11.3 Å². The summed E-state index contributed by atoms with van der Waals surface area (Å²) in [5, 5.41) is 4.26. The molecule has 0 saturated heterocycles. The first-order valence-electron chi connectivity index (χ1n) is 9.53. The number of benzene rings is 2. The highest BCUT2D eigenvalue weighted by molar-refractivity contribution is 7.92. The Bertz CT molecular complexity index is 1020. The van der Waals surface area contributed by atoms with Gasteiger partial charge in [-0.2, -0.15) is 5.10 Å². The quantitative estimate of drug-likeness (QED) is 0.702. The predicted octanol–water partition coefficient (Wildman–Crippen LogP) is 3.79. The Morgan fingerprint density at radius 2 is 1.93 bits per heavy atom. The molecule has 0 spiro atoms. The van der Waals surface area contributed by atoms with E-state index in [0.29, 0.717) is 17.4 Å². The number of hydrogen-bond donors (Lipinski definition) is 2. The van der Waals surface area contributed by atoms with E-state index in [2.05, 4.69) is 22.2 Å². The Labute approximate surface area is 171 Å². The number of sulfonamides is 1. The Morgan fingerprint density at radius 1 is 1.14 bits per heavy atom. The normalized spacial score (nSPS) is 18.3. The van der Waals surface area contributed by atoms with Crippen LogP contribution in [0.5, 0.6) is 5.75 Å². The average Bonchev–Trinajstić information content (AvgIpc) is 2.73. The van der Waals surface area contributed by atoms with E-state index in [4.69, 9.17) is 4.74 Å². The first-order chi connectivity index (χ1) is 13.9. The number of carbonyl (C=O) groups is 1. The lowest BCUT2D eigenvalue weighted by Gasteiger charge is -2.19. The maximum absolute atomic E-state index is 12.8. The minimum absolute atomic E-state index is 0.0188. The second kappa shape index (κ2) is 9.09. The molecule has 0 heterocycles. The summed E-state index contributed by atoms with van der Waals surface area (Å²) in [4.78, 5) is 12.5. The number of nitrogens with zero attached hydrogens (tertiary/aromatic N) is 1. The monoisotopic (exact) mass is 415 g/mol. The number of rotatable bonds is 6. The van der Waals surface area contributed by atoms with Crippen molar-refractivity contribution in [3.05, 3.63) is 54.1 Å². The summed E-state index contributed by atoms with van der Waals surface area (Å²) in [7, 11) is -2.43. The molecule has 7 nitrogen and oxygen atoms in total. The Morgan fingerprint density at radius 3 is 2.69 bits per heavy atom. The molecule has 1 atom stereocenters. The molecule has 1 fully saturated rings. The number of hydrazone groups is 1. The van der Waals surface area contributed by atoms with Crippen molar-refractivity contribution in [3.8, 4) is 5.75 Å². The van der Waals surface area contributed by atoms with Gasteiger partial charge in [-0.05, 0) is 55.5 Å². The van der Waals surface area contributed by atoms with Gasteiger partial charge in [0.05, 0.1) is 17.7 Å². The molecule has 29 heavy (non-hydrogen) atoms. The molecule has 0 bridgehead atoms. The number of carbonyl (C=O) groups excluding carboxylic acids is 1. The molecular weight excluding hydrogens is 390 g/mol. The third kappa shape index (κ3) is 5.14. The van der Waals surface area contributed by atoms with Gasteiger partial charge in [0.2, 0.25) is 0 Å². The maximum Gasteiger partial charge on any atom is 0.271 e. The second-order valence-corrected chi connectivity index (χ2v) is 8.71. The number of nitrogens with one attached hydrogen (secondary N) is 2. The van der Waals surface area contributed by atoms with Crippen LogP contribution >= 0.6 is 0 Å². The third-order valence-corrected chi connectivity index (χ3v) is 6.31. The molecule has 8 heteroatoms. The molecule has 0 aliphatic heterocycles. The number of para-hydroxylation sites is 2. The van der Waals surface area contributed by atoms with E-state index in [-0.39, 0.29) is 10.5 Å². The maximum atomic E-state index is 12.8. The standard InChI is InChI=1S/C21H25N3O4S/c1-15-8-3-4-11-18(15)22-23-21(25)16-9-7-10-17(14-16)29(26,27)24-19-12-5-6-13-20(19)28-2/h5-7,9-10,12-15,24H,3-4,8,11H2,1-2H3,(H,23,25)/b22-18-/t15-/m1/s1. The van der Waals surface area contributed by atoms with Gasteiger partial charge in [0.15, 0.2) is 0 Å². The predicted molar refractivity (Wildman–Crippen MR) is 113 cm³/mol. The minimum Gasteiger partial charge on any atom is -0.495 e. The number of ether oxygens (including phenoxy) is 1. The highest BCUT2D eigenvalue weighted by Crippen LogP contribution is 2.26. The molecule has 1 aliphatic carbocycles. The van der Waals surface area contributed by atoms with E-state index in [0.717, 1.165) is 25.0 Å². The highest BCUT2D eigenvalue weighted by Gasteiger charge is 2.19. The number of hydrogen-bond acceptors (Lipinski definition) is 5. The van der Waals surface area contributed by atoms with E-state index >= 15 is 0 Å². The molecule has 2 aromatic rings. The molecule has 154 valence electrons. The van der Waals surface area contributed by atoms with Gasteiger partial charge in [0.1, 0.15) is 5.75 Å². The van der Waals surface area contributed by atoms with Crippen LogP contribution in [-0.4, -0.2) is 27.1 Å². The average molecular weight is 416 g/mol. The lowest BCUT2D eigenvalue weighted by molar-refractivity contribution is 0.0954. The summed E-state index contributed by atoms with van der Waals surface area (Å²) in [5.74, 6) is 0.313. The molecule has 0 unspecified atom stereocenters. The van der Waals surface area contributed by atoms with Crippen LogP contribution < -0.4 is 14.9 Å². The van der Waals surface area contributed by atoms with Gasteiger partial charge in [-0.1, -0.05) is 31.5 Å². The number of methoxy groups -OCH3 is 1. The zero-order valence-electron chi connectivity index (χ0n) is 16.5. The summed E-state index contributed by atoms with van der Waals surface area (Å²) >= 11 is 0. The zero-order chi connectivity index (χ0) is 20.9. The second-order valence-electron chi connectivity index (χ2n) is 7.02. The lowest BCUT2D eigenvalue weighted by atomic mass is 9.89. The SMILES string of the molecule is COc1ccccc1NS(=O)(=O)c1cccc(C(=O)N/N=C2/CCCC[C@H]2C)c1. The van der Waals surface area contributed by atoms with Crippen molar-refractivity contribution in [1.29, 1.82) is 0 Å². The summed E-state index contributed by atoms with van der Waals surface area (Å²) in [5.41, 5.74) is 4.08. The fourth-order valence-corrected chi connectivity index (χ4v) is 4.38. The van der Waals surface area contributed by atoms with Crippen molar-refractivity contribution < 1.29 is 17.9 Å². The summed E-state index contributed by atoms with van der Waals surface area (Å²) in [6.07, 6.45) is 4.18. The summed E-state index contributed by atoms with van der Waals surface area (Å²) in [6, 6.07) is 12.6. The largest absolute Gasteiger partial charge is 0.495 e. The highest BCUT2D eigenvalue weighted by atomic mass is 32.2. The Hall–Kier alpha value is -2.87. The van der Waals surface area contributed by atoms with Gasteiger partial charge in [-0.15, -0.1) is 0 Å². The van der Waals surface area contributed by atoms with E-state index in [9.17, 15) is 13.2 Å². The van der Waals surface area contributed by atoms with Crippen LogP contribution in [0.4, 0.5) is 5.69 Å². The third-order valence-electron chi connectivity index (χ3n) is 4.95. The summed E-state index contributed by atoms with van der Waals surface area (Å²) in [6.45, 7) is 2.10. The van der Waals surface area contributed by atoms with Crippen LogP contribution in [0.2, 0.25) is 0 Å². The van der Waals surface area contributed by atoms with Crippen molar-refractivity contribution in [1.82, 2.24) is 5.43 Å². The van der Waals surface area contributed by atoms with Crippen LogP contribution in [0.15, 0.2) is 58.5 Å². The first-order valence-corrected chi connectivity index (χ1v) is 11.0. The van der Waals surface area contributed by atoms with Gasteiger partial charge in [-0.3, -0.25) is 9.52 Å². The minimum atomic E-state index is -3.89. The van der Waals surface area contributed by atoms with Gasteiger partial charge in [-0.25, -0.2) is 13.8 Å². The van der Waals surface area contributed by atoms with Crippen LogP contribution in [0, 0.1) is 5.92 Å². The molecule has 0 radical (unpaired) electrons. The van der Waals surface area contributed by atoms with Crippen LogP contribution in [0.3, 0.4) is 0 Å².